The summed E-state index contributed by atoms with van der Waals surface area (Å²) in [5.74, 6) is 0. The highest BCUT2D eigenvalue weighted by Gasteiger charge is 2.52. The summed E-state index contributed by atoms with van der Waals surface area (Å²) in [5, 5.41) is 0. The van der Waals surface area contributed by atoms with Crippen molar-refractivity contribution in [3.05, 3.63) is 160 Å². The van der Waals surface area contributed by atoms with Crippen LogP contribution >= 0.6 is 15.9 Å². The van der Waals surface area contributed by atoms with Crippen molar-refractivity contribution in [3.8, 4) is 22.5 Å². The van der Waals surface area contributed by atoms with Crippen LogP contribution in [0.5, 0.6) is 0 Å². The van der Waals surface area contributed by atoms with E-state index in [4.69, 9.17) is 9.97 Å². The van der Waals surface area contributed by atoms with Crippen LogP contribution in [0.3, 0.4) is 0 Å². The zero-order chi connectivity index (χ0) is 26.0. The molecule has 2 aromatic heterocycles. The fraction of sp³-hybridized carbons (Fsp3) is 0.0286. The van der Waals surface area contributed by atoms with E-state index >= 15 is 0 Å². The molecule has 0 radical (unpaired) electrons. The molecular formula is C35H22BrN3. The zero-order valence-electron chi connectivity index (χ0n) is 20.9. The van der Waals surface area contributed by atoms with Crippen LogP contribution in [0.25, 0.3) is 22.5 Å². The maximum absolute atomic E-state index is 4.85. The van der Waals surface area contributed by atoms with Gasteiger partial charge in [-0.3, -0.25) is 9.97 Å². The van der Waals surface area contributed by atoms with Gasteiger partial charge in [-0.1, -0.05) is 72.8 Å². The SMILES string of the molecule is Brc1ccccc1N(c1ccccc1)c1ccc2c(c1)C1(c3ccccc3-2)c2cccnc2-c2ncccc21. The minimum atomic E-state index is -0.481. The largest absolute Gasteiger partial charge is 0.309 e. The molecule has 0 saturated carbocycles. The second-order valence-corrected chi connectivity index (χ2v) is 10.8. The third kappa shape index (κ3) is 3.03. The van der Waals surface area contributed by atoms with Crippen molar-refractivity contribution in [2.24, 2.45) is 0 Å². The van der Waals surface area contributed by atoms with Crippen LogP contribution < -0.4 is 4.90 Å². The number of para-hydroxylation sites is 2. The van der Waals surface area contributed by atoms with Gasteiger partial charge in [-0.25, -0.2) is 0 Å². The second kappa shape index (κ2) is 8.48. The number of hydrogen-bond acceptors (Lipinski definition) is 3. The van der Waals surface area contributed by atoms with Gasteiger partial charge in [0.25, 0.3) is 0 Å². The third-order valence-electron chi connectivity index (χ3n) is 8.04. The summed E-state index contributed by atoms with van der Waals surface area (Å²) in [7, 11) is 0. The maximum atomic E-state index is 4.85. The van der Waals surface area contributed by atoms with E-state index in [1.165, 1.54) is 33.4 Å². The number of fused-ring (bicyclic) bond motifs is 10. The number of anilines is 3. The van der Waals surface area contributed by atoms with Crippen molar-refractivity contribution in [2.45, 2.75) is 5.41 Å². The molecule has 0 amide bonds. The van der Waals surface area contributed by atoms with Gasteiger partial charge < -0.3 is 4.90 Å². The number of aromatic nitrogens is 2. The molecule has 0 bridgehead atoms. The highest BCUT2D eigenvalue weighted by molar-refractivity contribution is 9.10. The molecule has 184 valence electrons. The third-order valence-corrected chi connectivity index (χ3v) is 8.71. The number of benzene rings is 4. The van der Waals surface area contributed by atoms with E-state index < -0.39 is 5.41 Å². The molecule has 1 spiro atoms. The predicted octanol–water partition coefficient (Wildman–Crippen LogP) is 9.05. The van der Waals surface area contributed by atoms with E-state index in [-0.39, 0.29) is 0 Å². The van der Waals surface area contributed by atoms with Gasteiger partial charge in [0.2, 0.25) is 0 Å². The first kappa shape index (κ1) is 22.4. The van der Waals surface area contributed by atoms with Gasteiger partial charge in [-0.05, 0) is 97.8 Å². The molecule has 4 heteroatoms. The standard InChI is InChI=1S/C35H22BrN3/c36-31-16-6-7-17-32(31)39(23-10-2-1-3-11-23)24-18-19-26-25-12-4-5-13-27(25)35(30(26)22-24)28-14-8-20-37-33(28)34-29(35)15-9-21-38-34/h1-22H. The first-order chi connectivity index (χ1) is 19.3. The molecule has 4 aromatic carbocycles. The topological polar surface area (TPSA) is 29.0 Å². The average molecular weight is 564 g/mol. The molecule has 0 saturated heterocycles. The summed E-state index contributed by atoms with van der Waals surface area (Å²) in [6.07, 6.45) is 3.75. The first-order valence-corrected chi connectivity index (χ1v) is 13.8. The first-order valence-electron chi connectivity index (χ1n) is 13.0. The van der Waals surface area contributed by atoms with E-state index in [2.05, 4.69) is 130 Å². The van der Waals surface area contributed by atoms with Crippen LogP contribution in [0.4, 0.5) is 17.1 Å². The fourth-order valence-corrected chi connectivity index (χ4v) is 7.02. The van der Waals surface area contributed by atoms with Crippen molar-refractivity contribution in [3.63, 3.8) is 0 Å². The highest BCUT2D eigenvalue weighted by atomic mass is 79.9. The normalized spacial score (nSPS) is 13.5. The van der Waals surface area contributed by atoms with Crippen molar-refractivity contribution in [1.29, 1.82) is 0 Å². The fourth-order valence-electron chi connectivity index (χ4n) is 6.56. The lowest BCUT2D eigenvalue weighted by atomic mass is 9.71. The van der Waals surface area contributed by atoms with E-state index in [1.807, 2.05) is 24.5 Å². The molecule has 8 rings (SSSR count). The Bertz CT molecular complexity index is 1830. The van der Waals surface area contributed by atoms with Crippen LogP contribution in [0, 0.1) is 0 Å². The van der Waals surface area contributed by atoms with Crippen LogP contribution in [-0.4, -0.2) is 9.97 Å². The monoisotopic (exact) mass is 563 g/mol. The Kier molecular flexibility index (Phi) is 4.88. The highest BCUT2D eigenvalue weighted by Crippen LogP contribution is 2.62. The van der Waals surface area contributed by atoms with E-state index in [1.54, 1.807) is 0 Å². The second-order valence-electron chi connectivity index (χ2n) is 9.95. The van der Waals surface area contributed by atoms with Gasteiger partial charge in [-0.15, -0.1) is 0 Å². The summed E-state index contributed by atoms with van der Waals surface area (Å²) >= 11 is 3.82. The molecule has 0 atom stereocenters. The number of pyridine rings is 2. The van der Waals surface area contributed by atoms with Gasteiger partial charge >= 0.3 is 0 Å². The predicted molar refractivity (Wildman–Crippen MR) is 161 cm³/mol. The average Bonchev–Trinajstić information content (AvgIpc) is 3.46. The molecule has 2 heterocycles. The quantitative estimate of drug-likeness (QED) is 0.214. The Labute approximate surface area is 235 Å². The maximum Gasteiger partial charge on any atom is 0.0937 e. The lowest BCUT2D eigenvalue weighted by molar-refractivity contribution is 0.789. The smallest absolute Gasteiger partial charge is 0.0937 e. The van der Waals surface area contributed by atoms with E-state index in [9.17, 15) is 0 Å². The minimum Gasteiger partial charge on any atom is -0.309 e. The summed E-state index contributed by atoms with van der Waals surface area (Å²) in [5.41, 5.74) is 12.2. The van der Waals surface area contributed by atoms with Gasteiger partial charge in [-0.2, -0.15) is 0 Å². The number of halogens is 1. The summed E-state index contributed by atoms with van der Waals surface area (Å²) in [6.45, 7) is 0. The van der Waals surface area contributed by atoms with Crippen LogP contribution in [-0.2, 0) is 5.41 Å². The lowest BCUT2D eigenvalue weighted by Gasteiger charge is -2.32. The molecule has 39 heavy (non-hydrogen) atoms. The minimum absolute atomic E-state index is 0.481. The van der Waals surface area contributed by atoms with Crippen LogP contribution in [0.1, 0.15) is 22.3 Å². The zero-order valence-corrected chi connectivity index (χ0v) is 22.5. The van der Waals surface area contributed by atoms with E-state index in [0.29, 0.717) is 0 Å². The molecule has 6 aromatic rings. The summed E-state index contributed by atoms with van der Waals surface area (Å²) < 4.78 is 1.04. The van der Waals surface area contributed by atoms with Crippen LogP contribution in [0.2, 0.25) is 0 Å². The Morgan fingerprint density at radius 2 is 1.13 bits per heavy atom. The van der Waals surface area contributed by atoms with E-state index in [0.717, 1.165) is 32.9 Å². The van der Waals surface area contributed by atoms with Crippen molar-refractivity contribution >= 4 is 33.0 Å². The van der Waals surface area contributed by atoms with Crippen molar-refractivity contribution < 1.29 is 0 Å². The number of hydrogen-bond donors (Lipinski definition) is 0. The van der Waals surface area contributed by atoms with Crippen molar-refractivity contribution in [1.82, 2.24) is 9.97 Å². The van der Waals surface area contributed by atoms with Gasteiger partial charge in [0.15, 0.2) is 0 Å². The Morgan fingerprint density at radius 3 is 1.87 bits per heavy atom. The van der Waals surface area contributed by atoms with Gasteiger partial charge in [0, 0.05) is 28.2 Å². The molecule has 0 unspecified atom stereocenters. The molecule has 0 fully saturated rings. The molecule has 2 aliphatic carbocycles. The molecule has 2 aliphatic rings. The number of rotatable bonds is 3. The van der Waals surface area contributed by atoms with Crippen LogP contribution in [0.15, 0.2) is 138 Å². The molecular weight excluding hydrogens is 542 g/mol. The Morgan fingerprint density at radius 1 is 0.513 bits per heavy atom. The van der Waals surface area contributed by atoms with Gasteiger partial charge in [0.1, 0.15) is 0 Å². The van der Waals surface area contributed by atoms with Crippen molar-refractivity contribution in [2.75, 3.05) is 4.90 Å². The molecule has 0 N–H and O–H groups in total. The molecule has 3 nitrogen and oxygen atoms in total. The van der Waals surface area contributed by atoms with Gasteiger partial charge in [0.05, 0.1) is 22.5 Å². The summed E-state index contributed by atoms with van der Waals surface area (Å²) in [4.78, 5) is 12.0. The Balaban J connectivity index is 1.46. The molecule has 0 aliphatic heterocycles. The Hall–Kier alpha value is -4.54. The summed E-state index contributed by atoms with van der Waals surface area (Å²) in [6, 6.07) is 43.2. The number of nitrogens with zero attached hydrogens (tertiary/aromatic N) is 3. The lowest BCUT2D eigenvalue weighted by Crippen LogP contribution is -2.26.